The molecule has 0 atom stereocenters. The van der Waals surface area contributed by atoms with E-state index in [1.54, 1.807) is 0 Å². The Morgan fingerprint density at radius 3 is 2.56 bits per heavy atom. The van der Waals surface area contributed by atoms with E-state index in [0.29, 0.717) is 5.41 Å². The van der Waals surface area contributed by atoms with Crippen molar-refractivity contribution in [3.05, 3.63) is 0 Å². The molecule has 0 amide bonds. The van der Waals surface area contributed by atoms with Gasteiger partial charge in [0.1, 0.15) is 0 Å². The molecule has 2 saturated carbocycles. The van der Waals surface area contributed by atoms with E-state index in [1.807, 2.05) is 0 Å². The van der Waals surface area contributed by atoms with Crippen LogP contribution < -0.4 is 5.73 Å². The summed E-state index contributed by atoms with van der Waals surface area (Å²) in [5, 5.41) is 0. The van der Waals surface area contributed by atoms with E-state index in [4.69, 9.17) is 5.73 Å². The van der Waals surface area contributed by atoms with Gasteiger partial charge >= 0.3 is 0 Å². The van der Waals surface area contributed by atoms with Crippen molar-refractivity contribution >= 4 is 11.8 Å². The minimum absolute atomic E-state index is 0.688. The summed E-state index contributed by atoms with van der Waals surface area (Å²) in [6.07, 6.45) is 10.1. The Hall–Kier alpha value is 0.310. The zero-order valence-electron chi connectivity index (χ0n) is 10.7. The highest BCUT2D eigenvalue weighted by Gasteiger charge is 2.45. The summed E-state index contributed by atoms with van der Waals surface area (Å²) in [7, 11) is 0. The molecule has 0 aromatic rings. The molecule has 2 N–H and O–H groups in total. The van der Waals surface area contributed by atoms with Crippen LogP contribution >= 0.6 is 11.8 Å². The first-order valence-electron chi connectivity index (χ1n) is 7.06. The Morgan fingerprint density at radius 1 is 1.25 bits per heavy atom. The lowest BCUT2D eigenvalue weighted by molar-refractivity contribution is 0.0448. The van der Waals surface area contributed by atoms with Crippen molar-refractivity contribution < 1.29 is 0 Å². The average Bonchev–Trinajstić information content (AvgIpc) is 2.99. The average molecular weight is 241 g/mol. The van der Waals surface area contributed by atoms with Gasteiger partial charge in [-0.1, -0.05) is 19.8 Å². The number of rotatable bonds is 8. The monoisotopic (exact) mass is 241 g/mol. The first-order valence-corrected chi connectivity index (χ1v) is 8.21. The van der Waals surface area contributed by atoms with Crippen LogP contribution in [0.1, 0.15) is 51.9 Å². The van der Waals surface area contributed by atoms with Crippen LogP contribution in [-0.4, -0.2) is 18.1 Å². The molecule has 0 bridgehead atoms. The van der Waals surface area contributed by atoms with Crippen molar-refractivity contribution in [3.8, 4) is 0 Å². The van der Waals surface area contributed by atoms with E-state index >= 15 is 0 Å². The standard InChI is InChI=1S/C14H27NS/c1-2-7-16-11-13-9-14(10-13,5-6-15)8-12-3-4-12/h12-13H,2-11,15H2,1H3. The van der Waals surface area contributed by atoms with Gasteiger partial charge in [0.05, 0.1) is 0 Å². The zero-order valence-corrected chi connectivity index (χ0v) is 11.5. The molecule has 0 spiro atoms. The lowest BCUT2D eigenvalue weighted by atomic mass is 9.58. The summed E-state index contributed by atoms with van der Waals surface area (Å²) >= 11 is 2.16. The largest absolute Gasteiger partial charge is 0.330 e. The van der Waals surface area contributed by atoms with Crippen LogP contribution in [0.5, 0.6) is 0 Å². The van der Waals surface area contributed by atoms with Crippen LogP contribution in [0.15, 0.2) is 0 Å². The van der Waals surface area contributed by atoms with Gasteiger partial charge in [-0.25, -0.2) is 0 Å². The summed E-state index contributed by atoms with van der Waals surface area (Å²) < 4.78 is 0. The van der Waals surface area contributed by atoms with Crippen LogP contribution in [0.25, 0.3) is 0 Å². The molecule has 0 heterocycles. The predicted octanol–water partition coefficient (Wildman–Crippen LogP) is 3.67. The van der Waals surface area contributed by atoms with Gasteiger partial charge in [-0.05, 0) is 67.4 Å². The molecule has 2 rings (SSSR count). The second-order valence-electron chi connectivity index (χ2n) is 6.04. The van der Waals surface area contributed by atoms with Crippen molar-refractivity contribution in [1.82, 2.24) is 0 Å². The fraction of sp³-hybridized carbons (Fsp3) is 1.00. The molecule has 2 aliphatic rings. The third-order valence-corrected chi connectivity index (χ3v) is 5.64. The van der Waals surface area contributed by atoms with Gasteiger partial charge in [-0.3, -0.25) is 0 Å². The smallest absolute Gasteiger partial charge is 0.00387 e. The molecule has 0 aliphatic heterocycles. The third-order valence-electron chi connectivity index (χ3n) is 4.24. The molecular formula is C14H27NS. The molecule has 0 radical (unpaired) electrons. The highest BCUT2D eigenvalue weighted by Crippen LogP contribution is 2.56. The molecule has 16 heavy (non-hydrogen) atoms. The van der Waals surface area contributed by atoms with Gasteiger partial charge in [0.15, 0.2) is 0 Å². The topological polar surface area (TPSA) is 26.0 Å². The van der Waals surface area contributed by atoms with Crippen molar-refractivity contribution in [2.45, 2.75) is 51.9 Å². The molecule has 1 nitrogen and oxygen atoms in total. The molecule has 94 valence electrons. The number of nitrogens with two attached hydrogens (primary N) is 1. The van der Waals surface area contributed by atoms with Crippen molar-refractivity contribution in [2.75, 3.05) is 18.1 Å². The predicted molar refractivity (Wildman–Crippen MR) is 73.8 cm³/mol. The second-order valence-corrected chi connectivity index (χ2v) is 7.19. The maximum Gasteiger partial charge on any atom is -0.00387 e. The lowest BCUT2D eigenvalue weighted by Crippen LogP contribution is -2.40. The van der Waals surface area contributed by atoms with Crippen LogP contribution in [0.4, 0.5) is 0 Å². The number of hydrogen-bond acceptors (Lipinski definition) is 2. The van der Waals surface area contributed by atoms with Crippen LogP contribution in [-0.2, 0) is 0 Å². The molecule has 0 unspecified atom stereocenters. The fourth-order valence-corrected chi connectivity index (χ4v) is 4.41. The molecule has 0 aromatic carbocycles. The zero-order chi connectivity index (χ0) is 11.4. The van der Waals surface area contributed by atoms with Gasteiger partial charge in [-0.15, -0.1) is 0 Å². The molecule has 2 aliphatic carbocycles. The molecule has 0 aromatic heterocycles. The summed E-state index contributed by atoms with van der Waals surface area (Å²) in [6.45, 7) is 3.18. The Kier molecular flexibility index (Phi) is 4.60. The minimum Gasteiger partial charge on any atom is -0.330 e. The second kappa shape index (κ2) is 5.77. The SMILES string of the molecule is CCCSCC1CC(CCN)(CC2CC2)C1. The first-order chi connectivity index (χ1) is 7.78. The highest BCUT2D eigenvalue weighted by atomic mass is 32.2. The van der Waals surface area contributed by atoms with E-state index in [-0.39, 0.29) is 0 Å². The Bertz CT molecular complexity index is 207. The van der Waals surface area contributed by atoms with Crippen LogP contribution in [0.2, 0.25) is 0 Å². The summed E-state index contributed by atoms with van der Waals surface area (Å²) in [5.74, 6) is 4.85. The summed E-state index contributed by atoms with van der Waals surface area (Å²) in [5.41, 5.74) is 6.47. The van der Waals surface area contributed by atoms with E-state index in [9.17, 15) is 0 Å². The Morgan fingerprint density at radius 2 is 2.00 bits per heavy atom. The Labute approximate surface area is 105 Å². The minimum atomic E-state index is 0.688. The molecule has 2 heteroatoms. The first kappa shape index (κ1) is 12.8. The summed E-state index contributed by atoms with van der Waals surface area (Å²) in [4.78, 5) is 0. The van der Waals surface area contributed by atoms with Crippen LogP contribution in [0.3, 0.4) is 0 Å². The van der Waals surface area contributed by atoms with Crippen molar-refractivity contribution in [2.24, 2.45) is 23.0 Å². The van der Waals surface area contributed by atoms with Crippen molar-refractivity contribution in [1.29, 1.82) is 0 Å². The maximum absolute atomic E-state index is 5.78. The fourth-order valence-electron chi connectivity index (χ4n) is 3.39. The van der Waals surface area contributed by atoms with Gasteiger partial charge in [0, 0.05) is 0 Å². The Balaban J connectivity index is 1.67. The van der Waals surface area contributed by atoms with E-state index in [0.717, 1.165) is 18.4 Å². The van der Waals surface area contributed by atoms with Crippen molar-refractivity contribution in [3.63, 3.8) is 0 Å². The lowest BCUT2D eigenvalue weighted by Gasteiger charge is -2.48. The molecule has 2 fully saturated rings. The van der Waals surface area contributed by atoms with E-state index in [1.165, 1.54) is 56.5 Å². The van der Waals surface area contributed by atoms with Gasteiger partial charge in [0.2, 0.25) is 0 Å². The van der Waals surface area contributed by atoms with Gasteiger partial charge < -0.3 is 5.73 Å². The van der Waals surface area contributed by atoms with E-state index in [2.05, 4.69) is 18.7 Å². The van der Waals surface area contributed by atoms with Crippen LogP contribution in [0, 0.1) is 17.3 Å². The normalized spacial score (nSPS) is 33.8. The van der Waals surface area contributed by atoms with E-state index < -0.39 is 0 Å². The highest BCUT2D eigenvalue weighted by molar-refractivity contribution is 7.99. The summed E-state index contributed by atoms with van der Waals surface area (Å²) in [6, 6.07) is 0. The molecule has 0 saturated heterocycles. The van der Waals surface area contributed by atoms with Gasteiger partial charge in [0.25, 0.3) is 0 Å². The number of thioether (sulfide) groups is 1. The third kappa shape index (κ3) is 3.40. The number of hydrogen-bond donors (Lipinski definition) is 1. The maximum atomic E-state index is 5.78. The van der Waals surface area contributed by atoms with Gasteiger partial charge in [-0.2, -0.15) is 11.8 Å². The quantitative estimate of drug-likeness (QED) is 0.656. The molecular weight excluding hydrogens is 214 g/mol.